The van der Waals surface area contributed by atoms with Gasteiger partial charge >= 0.3 is 30.7 Å². The lowest BCUT2D eigenvalue weighted by atomic mass is 9.84. The Morgan fingerprint density at radius 3 is 1.82 bits per heavy atom. The molecule has 2 aromatic carbocycles. The van der Waals surface area contributed by atoms with Gasteiger partial charge in [0, 0.05) is 12.6 Å². The number of hydrogen-bond donors (Lipinski definition) is 0. The van der Waals surface area contributed by atoms with Crippen molar-refractivity contribution < 1.29 is 58.6 Å². The van der Waals surface area contributed by atoms with E-state index in [0.29, 0.717) is 18.2 Å². The molecule has 6 nitrogen and oxygen atoms in total. The van der Waals surface area contributed by atoms with Gasteiger partial charge in [-0.1, -0.05) is 13.8 Å². The second kappa shape index (κ2) is 12.0. The van der Waals surface area contributed by atoms with E-state index in [1.807, 2.05) is 0 Å². The molecule has 0 saturated carbocycles. The van der Waals surface area contributed by atoms with Crippen molar-refractivity contribution in [2.24, 2.45) is 5.92 Å². The van der Waals surface area contributed by atoms with Crippen molar-refractivity contribution >= 4 is 17.9 Å². The number of nitrogens with zero attached hydrogens (tertiary/aromatic N) is 2. The molecule has 0 aromatic heterocycles. The molecule has 0 saturated heterocycles. The van der Waals surface area contributed by atoms with E-state index >= 15 is 0 Å². The number of rotatable bonds is 4. The summed E-state index contributed by atoms with van der Waals surface area (Å²) in [5.41, 5.74) is -6.32. The largest absolute Gasteiger partial charge is 0.453 e. The van der Waals surface area contributed by atoms with Crippen LogP contribution in [0.3, 0.4) is 0 Å². The Morgan fingerprint density at radius 1 is 0.864 bits per heavy atom. The van der Waals surface area contributed by atoms with Crippen LogP contribution >= 0.6 is 0 Å². The van der Waals surface area contributed by atoms with Gasteiger partial charge in [0.05, 0.1) is 35.5 Å². The Kier molecular flexibility index (Phi) is 9.53. The van der Waals surface area contributed by atoms with Crippen LogP contribution in [-0.4, -0.2) is 35.8 Å². The van der Waals surface area contributed by atoms with Crippen molar-refractivity contribution in [3.05, 3.63) is 64.2 Å². The smallest absolute Gasteiger partial charge is 0.416 e. The summed E-state index contributed by atoms with van der Waals surface area (Å²) in [6.45, 7) is 7.24. The van der Waals surface area contributed by atoms with Gasteiger partial charge in [0.15, 0.2) is 0 Å². The second-order valence-electron chi connectivity index (χ2n) is 11.7. The van der Waals surface area contributed by atoms with Crippen molar-refractivity contribution in [1.82, 2.24) is 4.90 Å². The zero-order valence-corrected chi connectivity index (χ0v) is 24.5. The standard InChI is InChI=1S/C29H31F9N2O4/c1-15(2)22-13-23(20-12-17(27(30,31)32)7-8-21(20)40(22)25(42)44-26(3,4)5)39(24(41)43-6)14-16-9-18(28(33,34)35)11-19(10-16)29(36,37)38/h7-12,15,22-23H,13-14H2,1-6H3/t22-,23-/m0/s1. The van der Waals surface area contributed by atoms with E-state index in [0.717, 1.165) is 29.0 Å². The van der Waals surface area contributed by atoms with Gasteiger partial charge in [-0.3, -0.25) is 9.80 Å². The molecule has 1 aliphatic rings. The summed E-state index contributed by atoms with van der Waals surface area (Å²) in [6.07, 6.45) is -17.6. The number of benzene rings is 2. The third-order valence-electron chi connectivity index (χ3n) is 6.92. The lowest BCUT2D eigenvalue weighted by Crippen LogP contribution is -2.52. The van der Waals surface area contributed by atoms with E-state index in [-0.39, 0.29) is 23.7 Å². The van der Waals surface area contributed by atoms with Crippen LogP contribution in [0.1, 0.15) is 74.9 Å². The first-order valence-electron chi connectivity index (χ1n) is 13.3. The number of ether oxygens (including phenoxy) is 2. The Hall–Kier alpha value is -3.65. The Labute approximate surface area is 247 Å². The highest BCUT2D eigenvalue weighted by Crippen LogP contribution is 2.46. The summed E-state index contributed by atoms with van der Waals surface area (Å²) in [5, 5.41) is 0. The summed E-state index contributed by atoms with van der Waals surface area (Å²) in [7, 11) is 0.908. The summed E-state index contributed by atoms with van der Waals surface area (Å²) < 4.78 is 133. The highest BCUT2D eigenvalue weighted by molar-refractivity contribution is 5.91. The van der Waals surface area contributed by atoms with Crippen LogP contribution in [0.15, 0.2) is 36.4 Å². The van der Waals surface area contributed by atoms with Crippen molar-refractivity contribution in [2.45, 2.75) is 83.8 Å². The molecule has 0 N–H and O–H groups in total. The third-order valence-corrected chi connectivity index (χ3v) is 6.92. The summed E-state index contributed by atoms with van der Waals surface area (Å²) >= 11 is 0. The van der Waals surface area contributed by atoms with E-state index in [1.165, 1.54) is 0 Å². The van der Waals surface area contributed by atoms with E-state index < -0.39 is 83.1 Å². The van der Waals surface area contributed by atoms with Crippen LogP contribution in [0, 0.1) is 5.92 Å². The van der Waals surface area contributed by atoms with Crippen molar-refractivity contribution in [2.75, 3.05) is 12.0 Å². The monoisotopic (exact) mass is 642 g/mol. The minimum atomic E-state index is -5.18. The van der Waals surface area contributed by atoms with E-state index in [2.05, 4.69) is 0 Å². The normalized spacial score (nSPS) is 17.8. The second-order valence-corrected chi connectivity index (χ2v) is 11.7. The number of alkyl halides is 9. The molecule has 2 aromatic rings. The minimum absolute atomic E-state index is 0.0730. The maximum absolute atomic E-state index is 13.8. The molecule has 1 heterocycles. The number of amides is 2. The maximum Gasteiger partial charge on any atom is 0.416 e. The van der Waals surface area contributed by atoms with Gasteiger partial charge in [-0.15, -0.1) is 0 Å². The van der Waals surface area contributed by atoms with Crippen molar-refractivity contribution in [3.63, 3.8) is 0 Å². The van der Waals surface area contributed by atoms with Gasteiger partial charge in [0.2, 0.25) is 0 Å². The predicted molar refractivity (Wildman–Crippen MR) is 141 cm³/mol. The summed E-state index contributed by atoms with van der Waals surface area (Å²) in [5.74, 6) is -0.398. The molecule has 0 aliphatic carbocycles. The molecular formula is C29H31F9N2O4. The Bertz CT molecular complexity index is 1350. The number of carbonyl (C=O) groups is 2. The molecule has 3 rings (SSSR count). The van der Waals surface area contributed by atoms with Crippen LogP contribution < -0.4 is 4.90 Å². The van der Waals surface area contributed by atoms with Crippen LogP contribution in [0.25, 0.3) is 0 Å². The summed E-state index contributed by atoms with van der Waals surface area (Å²) in [4.78, 5) is 28.4. The molecule has 0 fully saturated rings. The van der Waals surface area contributed by atoms with Crippen molar-refractivity contribution in [1.29, 1.82) is 0 Å². The lowest BCUT2D eigenvalue weighted by molar-refractivity contribution is -0.143. The van der Waals surface area contributed by atoms with Gasteiger partial charge in [-0.2, -0.15) is 39.5 Å². The quantitative estimate of drug-likeness (QED) is 0.312. The molecular weight excluding hydrogens is 611 g/mol. The summed E-state index contributed by atoms with van der Waals surface area (Å²) in [6, 6.07) is 1.02. The number of methoxy groups -OCH3 is 1. The molecule has 0 radical (unpaired) electrons. The molecule has 0 spiro atoms. The number of fused-ring (bicyclic) bond motifs is 1. The Balaban J connectivity index is 2.27. The van der Waals surface area contributed by atoms with Crippen LogP contribution in [0.4, 0.5) is 54.8 Å². The van der Waals surface area contributed by atoms with Crippen LogP contribution in [-0.2, 0) is 34.5 Å². The first-order valence-corrected chi connectivity index (χ1v) is 13.3. The number of halogens is 9. The lowest BCUT2D eigenvalue weighted by Gasteiger charge is -2.45. The van der Waals surface area contributed by atoms with Crippen LogP contribution in [0.5, 0.6) is 0 Å². The molecule has 0 unspecified atom stereocenters. The molecule has 2 amide bonds. The molecule has 244 valence electrons. The molecule has 1 aliphatic heterocycles. The molecule has 15 heteroatoms. The average Bonchev–Trinajstić information content (AvgIpc) is 2.87. The zero-order chi connectivity index (χ0) is 33.6. The first-order chi connectivity index (χ1) is 19.9. The highest BCUT2D eigenvalue weighted by atomic mass is 19.4. The third kappa shape index (κ3) is 7.89. The fraction of sp³-hybridized carbons (Fsp3) is 0.517. The first kappa shape index (κ1) is 34.8. The topological polar surface area (TPSA) is 59.1 Å². The number of hydrogen-bond acceptors (Lipinski definition) is 4. The fourth-order valence-electron chi connectivity index (χ4n) is 4.99. The van der Waals surface area contributed by atoms with Crippen molar-refractivity contribution in [3.8, 4) is 0 Å². The highest BCUT2D eigenvalue weighted by Gasteiger charge is 2.45. The number of anilines is 1. The SMILES string of the molecule is COC(=O)N(Cc1cc(C(F)(F)F)cc(C(F)(F)F)c1)[C@H]1C[C@@H](C(C)C)N(C(=O)OC(C)(C)C)c2ccc(C(F)(F)F)cc21. The van der Waals surface area contributed by atoms with E-state index in [4.69, 9.17) is 9.47 Å². The zero-order valence-electron chi connectivity index (χ0n) is 24.5. The Morgan fingerprint density at radius 2 is 1.39 bits per heavy atom. The molecule has 44 heavy (non-hydrogen) atoms. The van der Waals surface area contributed by atoms with E-state index in [9.17, 15) is 49.1 Å². The molecule has 0 bridgehead atoms. The van der Waals surface area contributed by atoms with Crippen LogP contribution in [0.2, 0.25) is 0 Å². The minimum Gasteiger partial charge on any atom is -0.453 e. The van der Waals surface area contributed by atoms with Gasteiger partial charge < -0.3 is 9.47 Å². The average molecular weight is 643 g/mol. The fourth-order valence-corrected chi connectivity index (χ4v) is 4.99. The van der Waals surface area contributed by atoms with Gasteiger partial charge in [0.1, 0.15) is 5.60 Å². The maximum atomic E-state index is 13.8. The molecule has 2 atom stereocenters. The van der Waals surface area contributed by atoms with E-state index in [1.54, 1.807) is 34.6 Å². The van der Waals surface area contributed by atoms with Gasteiger partial charge in [0.25, 0.3) is 0 Å². The predicted octanol–water partition coefficient (Wildman–Crippen LogP) is 9.22. The van der Waals surface area contributed by atoms with Gasteiger partial charge in [-0.25, -0.2) is 9.59 Å². The van der Waals surface area contributed by atoms with Gasteiger partial charge in [-0.05, 0) is 80.6 Å². The number of carbonyl (C=O) groups excluding carboxylic acids is 2.